The van der Waals surface area contributed by atoms with Gasteiger partial charge in [0, 0.05) is 12.6 Å². The maximum Gasteiger partial charge on any atom is 0.187 e. The van der Waals surface area contributed by atoms with Gasteiger partial charge in [-0.1, -0.05) is 38.1 Å². The van der Waals surface area contributed by atoms with Crippen LogP contribution in [0.3, 0.4) is 0 Å². The third kappa shape index (κ3) is 3.27. The van der Waals surface area contributed by atoms with E-state index < -0.39 is 0 Å². The first kappa shape index (κ1) is 9.76. The molecule has 1 aromatic carbocycles. The predicted molar refractivity (Wildman–Crippen MR) is 54.7 cm³/mol. The highest BCUT2D eigenvalue weighted by Gasteiger charge is 1.96. The van der Waals surface area contributed by atoms with Crippen molar-refractivity contribution in [2.75, 3.05) is 0 Å². The van der Waals surface area contributed by atoms with Gasteiger partial charge in [0.15, 0.2) is 5.69 Å². The predicted octanol–water partition coefficient (Wildman–Crippen LogP) is 2.74. The Balaban J connectivity index is 2.63. The SMILES string of the molecule is [C-]#[N+]c1cccc(CNC(C)C)c1. The average Bonchev–Trinajstić information content (AvgIpc) is 2.15. The van der Waals surface area contributed by atoms with Crippen molar-refractivity contribution in [1.29, 1.82) is 0 Å². The molecule has 0 aliphatic heterocycles. The second-order valence-corrected chi connectivity index (χ2v) is 3.32. The molecule has 0 spiro atoms. The van der Waals surface area contributed by atoms with Gasteiger partial charge in [-0.2, -0.15) is 0 Å². The summed E-state index contributed by atoms with van der Waals surface area (Å²) in [7, 11) is 0. The highest BCUT2D eigenvalue weighted by atomic mass is 14.9. The number of benzene rings is 1. The Morgan fingerprint density at radius 3 is 2.85 bits per heavy atom. The van der Waals surface area contributed by atoms with Crippen molar-refractivity contribution < 1.29 is 0 Å². The van der Waals surface area contributed by atoms with Gasteiger partial charge >= 0.3 is 0 Å². The summed E-state index contributed by atoms with van der Waals surface area (Å²) in [5, 5.41) is 3.31. The van der Waals surface area contributed by atoms with Crippen LogP contribution in [0.2, 0.25) is 0 Å². The third-order valence-electron chi connectivity index (χ3n) is 1.75. The van der Waals surface area contributed by atoms with Crippen molar-refractivity contribution in [3.63, 3.8) is 0 Å². The highest BCUT2D eigenvalue weighted by molar-refractivity contribution is 5.46. The van der Waals surface area contributed by atoms with Gasteiger partial charge in [-0.15, -0.1) is 0 Å². The van der Waals surface area contributed by atoms with E-state index in [0.29, 0.717) is 11.7 Å². The molecule has 0 aromatic heterocycles. The molecular formula is C11H14N2. The van der Waals surface area contributed by atoms with Crippen LogP contribution in [0.25, 0.3) is 4.85 Å². The van der Waals surface area contributed by atoms with Gasteiger partial charge < -0.3 is 5.32 Å². The van der Waals surface area contributed by atoms with E-state index in [0.717, 1.165) is 6.54 Å². The van der Waals surface area contributed by atoms with Gasteiger partial charge in [-0.3, -0.25) is 0 Å². The van der Waals surface area contributed by atoms with Gasteiger partial charge in [-0.05, 0) is 5.56 Å². The van der Waals surface area contributed by atoms with Crippen LogP contribution in [0, 0.1) is 6.57 Å². The topological polar surface area (TPSA) is 16.4 Å². The lowest BCUT2D eigenvalue weighted by atomic mass is 10.2. The Labute approximate surface area is 79.4 Å². The lowest BCUT2D eigenvalue weighted by Crippen LogP contribution is -2.21. The van der Waals surface area contributed by atoms with E-state index in [2.05, 4.69) is 24.0 Å². The molecule has 0 amide bonds. The number of rotatable bonds is 3. The van der Waals surface area contributed by atoms with Crippen LogP contribution in [-0.4, -0.2) is 6.04 Å². The van der Waals surface area contributed by atoms with Crippen molar-refractivity contribution in [3.05, 3.63) is 41.2 Å². The third-order valence-corrected chi connectivity index (χ3v) is 1.75. The number of hydrogen-bond donors (Lipinski definition) is 1. The quantitative estimate of drug-likeness (QED) is 0.697. The lowest BCUT2D eigenvalue weighted by molar-refractivity contribution is 0.589. The maximum atomic E-state index is 6.86. The zero-order valence-electron chi connectivity index (χ0n) is 8.04. The van der Waals surface area contributed by atoms with Crippen LogP contribution >= 0.6 is 0 Å². The average molecular weight is 174 g/mol. The van der Waals surface area contributed by atoms with Gasteiger partial charge in [0.25, 0.3) is 0 Å². The van der Waals surface area contributed by atoms with Crippen LogP contribution in [0.1, 0.15) is 19.4 Å². The summed E-state index contributed by atoms with van der Waals surface area (Å²) in [4.78, 5) is 3.38. The van der Waals surface area contributed by atoms with E-state index in [1.165, 1.54) is 5.56 Å². The van der Waals surface area contributed by atoms with E-state index in [9.17, 15) is 0 Å². The number of nitrogens with one attached hydrogen (secondary N) is 1. The Hall–Kier alpha value is -1.33. The summed E-state index contributed by atoms with van der Waals surface area (Å²) in [6.07, 6.45) is 0. The van der Waals surface area contributed by atoms with E-state index >= 15 is 0 Å². The summed E-state index contributed by atoms with van der Waals surface area (Å²) in [5.74, 6) is 0. The summed E-state index contributed by atoms with van der Waals surface area (Å²) >= 11 is 0. The Kier molecular flexibility index (Phi) is 3.48. The second-order valence-electron chi connectivity index (χ2n) is 3.32. The first-order valence-electron chi connectivity index (χ1n) is 4.42. The van der Waals surface area contributed by atoms with Crippen molar-refractivity contribution >= 4 is 5.69 Å². The van der Waals surface area contributed by atoms with Crippen molar-refractivity contribution in [1.82, 2.24) is 5.32 Å². The molecule has 0 radical (unpaired) electrons. The lowest BCUT2D eigenvalue weighted by Gasteiger charge is -2.07. The minimum atomic E-state index is 0.483. The Morgan fingerprint density at radius 2 is 2.23 bits per heavy atom. The summed E-state index contributed by atoms with van der Waals surface area (Å²) < 4.78 is 0. The van der Waals surface area contributed by atoms with Crippen LogP contribution in [-0.2, 0) is 6.54 Å². The van der Waals surface area contributed by atoms with Gasteiger partial charge in [0.2, 0.25) is 0 Å². The van der Waals surface area contributed by atoms with E-state index in [-0.39, 0.29) is 0 Å². The summed E-state index contributed by atoms with van der Waals surface area (Å²) in [6, 6.07) is 8.18. The molecule has 0 bridgehead atoms. The minimum absolute atomic E-state index is 0.483. The highest BCUT2D eigenvalue weighted by Crippen LogP contribution is 2.13. The molecule has 0 aliphatic rings. The van der Waals surface area contributed by atoms with Crippen molar-refractivity contribution in [3.8, 4) is 0 Å². The van der Waals surface area contributed by atoms with Crippen LogP contribution < -0.4 is 5.32 Å². The van der Waals surface area contributed by atoms with E-state index in [4.69, 9.17) is 6.57 Å². The molecule has 0 saturated heterocycles. The molecule has 0 heterocycles. The fourth-order valence-corrected chi connectivity index (χ4v) is 1.06. The largest absolute Gasteiger partial charge is 0.311 e. The van der Waals surface area contributed by atoms with Crippen LogP contribution in [0.15, 0.2) is 24.3 Å². The van der Waals surface area contributed by atoms with Gasteiger partial charge in [0.05, 0.1) is 6.57 Å². The van der Waals surface area contributed by atoms with Gasteiger partial charge in [-0.25, -0.2) is 4.85 Å². The molecule has 0 aliphatic carbocycles. The fourth-order valence-electron chi connectivity index (χ4n) is 1.06. The molecule has 13 heavy (non-hydrogen) atoms. The molecule has 0 unspecified atom stereocenters. The molecule has 0 fully saturated rings. The van der Waals surface area contributed by atoms with E-state index in [1.807, 2.05) is 24.3 Å². The van der Waals surface area contributed by atoms with Crippen LogP contribution in [0.5, 0.6) is 0 Å². The molecule has 0 atom stereocenters. The molecule has 2 heteroatoms. The normalized spacial score (nSPS) is 10.0. The molecule has 68 valence electrons. The molecule has 1 rings (SSSR count). The second kappa shape index (κ2) is 4.64. The first-order chi connectivity index (χ1) is 6.22. The summed E-state index contributed by atoms with van der Waals surface area (Å²) in [5.41, 5.74) is 1.88. The van der Waals surface area contributed by atoms with Crippen molar-refractivity contribution in [2.45, 2.75) is 26.4 Å². The zero-order valence-corrected chi connectivity index (χ0v) is 8.04. The molecule has 1 N–H and O–H groups in total. The van der Waals surface area contributed by atoms with Gasteiger partial charge in [0.1, 0.15) is 0 Å². The molecular weight excluding hydrogens is 160 g/mol. The minimum Gasteiger partial charge on any atom is -0.311 e. The summed E-state index contributed by atoms with van der Waals surface area (Å²) in [6.45, 7) is 11.9. The Bertz CT molecular complexity index is 310. The number of nitrogens with zero attached hydrogens (tertiary/aromatic N) is 1. The first-order valence-corrected chi connectivity index (χ1v) is 4.42. The van der Waals surface area contributed by atoms with Crippen molar-refractivity contribution in [2.24, 2.45) is 0 Å². The molecule has 0 saturated carbocycles. The van der Waals surface area contributed by atoms with Crippen LogP contribution in [0.4, 0.5) is 5.69 Å². The monoisotopic (exact) mass is 174 g/mol. The molecule has 2 nitrogen and oxygen atoms in total. The Morgan fingerprint density at radius 1 is 1.46 bits per heavy atom. The zero-order chi connectivity index (χ0) is 9.68. The number of hydrogen-bond acceptors (Lipinski definition) is 1. The van der Waals surface area contributed by atoms with E-state index in [1.54, 1.807) is 0 Å². The fraction of sp³-hybridized carbons (Fsp3) is 0.364. The maximum absolute atomic E-state index is 6.86. The molecule has 1 aromatic rings. The smallest absolute Gasteiger partial charge is 0.187 e. The standard InChI is InChI=1S/C11H14N2/c1-9(2)13-8-10-5-4-6-11(7-10)12-3/h4-7,9,13H,8H2,1-2H3.